The van der Waals surface area contributed by atoms with Crippen LogP contribution in [0.15, 0.2) is 72.8 Å². The lowest BCUT2D eigenvalue weighted by Crippen LogP contribution is -2.15. The Balaban J connectivity index is 1.67. The summed E-state index contributed by atoms with van der Waals surface area (Å²) < 4.78 is 4.95. The lowest BCUT2D eigenvalue weighted by atomic mass is 10.0. The molecule has 28 heavy (non-hydrogen) atoms. The molecule has 0 aliphatic heterocycles. The minimum atomic E-state index is -0.961. The molecule has 0 N–H and O–H groups in total. The molecule has 0 radical (unpaired) electrons. The maximum atomic E-state index is 12.3. The van der Waals surface area contributed by atoms with Gasteiger partial charge in [-0.3, -0.25) is 14.9 Å². The molecule has 0 atom stereocenters. The van der Waals surface area contributed by atoms with Crippen LogP contribution in [0, 0.1) is 10.1 Å². The summed E-state index contributed by atoms with van der Waals surface area (Å²) in [5.74, 6) is -1.37. The number of Topliss-reactive ketones (excluding diaryl/α,β-unsaturated/α-hetero) is 1. The SMILES string of the molecule is O=C(COC(=O)c1ccc(Cl)cc1[N+](=O)[O-])c1ccc(-c2ccccc2)cc1. The lowest BCUT2D eigenvalue weighted by molar-refractivity contribution is -0.385. The fraction of sp³-hybridized carbons (Fsp3) is 0.0476. The molecule has 7 heteroatoms. The zero-order valence-corrected chi connectivity index (χ0v) is 15.3. The molecule has 3 rings (SSSR count). The third kappa shape index (κ3) is 4.42. The number of benzene rings is 3. The zero-order valence-electron chi connectivity index (χ0n) is 14.5. The highest BCUT2D eigenvalue weighted by molar-refractivity contribution is 6.31. The van der Waals surface area contributed by atoms with Crippen LogP contribution in [-0.2, 0) is 4.74 Å². The topological polar surface area (TPSA) is 86.5 Å². The second-order valence-corrected chi connectivity index (χ2v) is 6.30. The van der Waals surface area contributed by atoms with Crippen molar-refractivity contribution in [1.29, 1.82) is 0 Å². The minimum absolute atomic E-state index is 0.123. The highest BCUT2D eigenvalue weighted by Gasteiger charge is 2.22. The van der Waals surface area contributed by atoms with Gasteiger partial charge < -0.3 is 4.74 Å². The molecule has 0 aliphatic carbocycles. The number of nitrogens with zero attached hydrogens (tertiary/aromatic N) is 1. The molecule has 3 aromatic carbocycles. The third-order valence-electron chi connectivity index (χ3n) is 4.02. The fourth-order valence-electron chi connectivity index (χ4n) is 2.60. The monoisotopic (exact) mass is 395 g/mol. The molecule has 0 bridgehead atoms. The molecule has 0 aromatic heterocycles. The fourth-order valence-corrected chi connectivity index (χ4v) is 2.77. The van der Waals surface area contributed by atoms with Gasteiger partial charge in [-0.25, -0.2) is 4.79 Å². The van der Waals surface area contributed by atoms with Crippen molar-refractivity contribution in [2.24, 2.45) is 0 Å². The first-order valence-electron chi connectivity index (χ1n) is 8.25. The van der Waals surface area contributed by atoms with E-state index in [9.17, 15) is 19.7 Å². The largest absolute Gasteiger partial charge is 0.454 e. The Morgan fingerprint density at radius 3 is 2.21 bits per heavy atom. The number of ether oxygens (including phenoxy) is 1. The Bertz CT molecular complexity index is 1030. The summed E-state index contributed by atoms with van der Waals surface area (Å²) in [4.78, 5) is 34.7. The van der Waals surface area contributed by atoms with E-state index in [0.29, 0.717) is 5.56 Å². The van der Waals surface area contributed by atoms with Gasteiger partial charge >= 0.3 is 5.97 Å². The van der Waals surface area contributed by atoms with Crippen LogP contribution < -0.4 is 0 Å². The maximum Gasteiger partial charge on any atom is 0.345 e. The predicted octanol–water partition coefficient (Wildman–Crippen LogP) is 4.95. The van der Waals surface area contributed by atoms with Crippen LogP contribution in [0.25, 0.3) is 11.1 Å². The highest BCUT2D eigenvalue weighted by atomic mass is 35.5. The number of nitro groups is 1. The number of esters is 1. The Labute approximate surface area is 165 Å². The number of hydrogen-bond acceptors (Lipinski definition) is 5. The van der Waals surface area contributed by atoms with Crippen LogP contribution >= 0.6 is 11.6 Å². The number of carbonyl (C=O) groups is 2. The third-order valence-corrected chi connectivity index (χ3v) is 4.26. The van der Waals surface area contributed by atoms with Crippen LogP contribution in [0.5, 0.6) is 0 Å². The number of nitro benzene ring substituents is 1. The van der Waals surface area contributed by atoms with Crippen molar-refractivity contribution in [3.05, 3.63) is 99.1 Å². The van der Waals surface area contributed by atoms with Gasteiger partial charge in [0.05, 0.1) is 4.92 Å². The van der Waals surface area contributed by atoms with E-state index in [1.165, 1.54) is 12.1 Å². The van der Waals surface area contributed by atoms with Crippen molar-refractivity contribution in [1.82, 2.24) is 0 Å². The molecule has 0 saturated heterocycles. The van der Waals surface area contributed by atoms with E-state index in [-0.39, 0.29) is 10.6 Å². The number of ketones is 1. The Morgan fingerprint density at radius 2 is 1.57 bits per heavy atom. The maximum absolute atomic E-state index is 12.3. The van der Waals surface area contributed by atoms with E-state index in [0.717, 1.165) is 17.2 Å². The molecule has 0 amide bonds. The van der Waals surface area contributed by atoms with Crippen molar-refractivity contribution >= 4 is 29.0 Å². The summed E-state index contributed by atoms with van der Waals surface area (Å²) in [6, 6.07) is 20.2. The standard InChI is InChI=1S/C21H14ClNO5/c22-17-10-11-18(19(12-17)23(26)27)21(25)28-13-20(24)16-8-6-15(7-9-16)14-4-2-1-3-5-14/h1-12H,13H2. The van der Waals surface area contributed by atoms with Crippen LogP contribution in [0.4, 0.5) is 5.69 Å². The van der Waals surface area contributed by atoms with Crippen molar-refractivity contribution in [3.63, 3.8) is 0 Å². The summed E-state index contributed by atoms with van der Waals surface area (Å²) >= 11 is 5.72. The second kappa shape index (κ2) is 8.45. The van der Waals surface area contributed by atoms with Gasteiger partial charge in [0.2, 0.25) is 0 Å². The highest BCUT2D eigenvalue weighted by Crippen LogP contribution is 2.24. The number of rotatable bonds is 6. The van der Waals surface area contributed by atoms with E-state index < -0.39 is 29.0 Å². The summed E-state index contributed by atoms with van der Waals surface area (Å²) in [5, 5.41) is 11.2. The van der Waals surface area contributed by atoms with Gasteiger partial charge in [0.25, 0.3) is 5.69 Å². The molecular weight excluding hydrogens is 382 g/mol. The van der Waals surface area contributed by atoms with Crippen molar-refractivity contribution < 1.29 is 19.2 Å². The lowest BCUT2D eigenvalue weighted by Gasteiger charge is -2.06. The van der Waals surface area contributed by atoms with Crippen molar-refractivity contribution in [2.75, 3.05) is 6.61 Å². The first kappa shape index (κ1) is 19.3. The van der Waals surface area contributed by atoms with E-state index in [4.69, 9.17) is 16.3 Å². The second-order valence-electron chi connectivity index (χ2n) is 5.86. The van der Waals surface area contributed by atoms with E-state index in [1.807, 2.05) is 30.3 Å². The molecule has 0 spiro atoms. The quantitative estimate of drug-likeness (QED) is 0.255. The number of hydrogen-bond donors (Lipinski definition) is 0. The number of halogens is 1. The van der Waals surface area contributed by atoms with E-state index >= 15 is 0 Å². The van der Waals surface area contributed by atoms with Gasteiger partial charge in [-0.05, 0) is 23.3 Å². The van der Waals surface area contributed by atoms with Crippen LogP contribution in [-0.4, -0.2) is 23.3 Å². The van der Waals surface area contributed by atoms with Gasteiger partial charge in [-0.2, -0.15) is 0 Å². The molecule has 0 unspecified atom stereocenters. The molecule has 3 aromatic rings. The first-order valence-corrected chi connectivity index (χ1v) is 8.63. The average molecular weight is 396 g/mol. The van der Waals surface area contributed by atoms with Crippen molar-refractivity contribution in [3.8, 4) is 11.1 Å². The normalized spacial score (nSPS) is 10.3. The van der Waals surface area contributed by atoms with Gasteiger partial charge in [0, 0.05) is 16.7 Å². The van der Waals surface area contributed by atoms with Gasteiger partial charge in [0.15, 0.2) is 12.4 Å². The Morgan fingerprint density at radius 1 is 0.929 bits per heavy atom. The predicted molar refractivity (Wildman–Crippen MR) is 105 cm³/mol. The first-order chi connectivity index (χ1) is 13.5. The Hall–Kier alpha value is -3.51. The summed E-state index contributed by atoms with van der Waals surface area (Å²) in [5.41, 5.74) is 1.60. The van der Waals surface area contributed by atoms with E-state index in [2.05, 4.69) is 0 Å². The molecule has 6 nitrogen and oxygen atoms in total. The van der Waals surface area contributed by atoms with Crippen LogP contribution in [0.1, 0.15) is 20.7 Å². The smallest absolute Gasteiger partial charge is 0.345 e. The molecule has 0 heterocycles. The Kier molecular flexibility index (Phi) is 5.81. The zero-order chi connectivity index (χ0) is 20.1. The van der Waals surface area contributed by atoms with Gasteiger partial charge in [0.1, 0.15) is 5.56 Å². The molecule has 0 aliphatic rings. The minimum Gasteiger partial charge on any atom is -0.454 e. The molecule has 140 valence electrons. The van der Waals surface area contributed by atoms with E-state index in [1.54, 1.807) is 24.3 Å². The molecule has 0 fully saturated rings. The van der Waals surface area contributed by atoms with Crippen molar-refractivity contribution in [2.45, 2.75) is 0 Å². The molecular formula is C21H14ClNO5. The molecule has 0 saturated carbocycles. The van der Waals surface area contributed by atoms with Gasteiger partial charge in [-0.15, -0.1) is 0 Å². The van der Waals surface area contributed by atoms with Crippen LogP contribution in [0.2, 0.25) is 5.02 Å². The van der Waals surface area contributed by atoms with Gasteiger partial charge in [-0.1, -0.05) is 66.2 Å². The summed E-state index contributed by atoms with van der Waals surface area (Å²) in [6.45, 7) is -0.525. The van der Waals surface area contributed by atoms with Crippen LogP contribution in [0.3, 0.4) is 0 Å². The summed E-state index contributed by atoms with van der Waals surface area (Å²) in [6.07, 6.45) is 0. The summed E-state index contributed by atoms with van der Waals surface area (Å²) in [7, 11) is 0. The number of carbonyl (C=O) groups excluding carboxylic acids is 2. The average Bonchev–Trinajstić information content (AvgIpc) is 2.72.